The van der Waals surface area contributed by atoms with Crippen molar-refractivity contribution >= 4 is 5.69 Å². The van der Waals surface area contributed by atoms with Crippen LogP contribution in [0.3, 0.4) is 0 Å². The Morgan fingerprint density at radius 1 is 1.00 bits per heavy atom. The van der Waals surface area contributed by atoms with Gasteiger partial charge < -0.3 is 5.32 Å². The van der Waals surface area contributed by atoms with Crippen LogP contribution in [0.5, 0.6) is 0 Å². The predicted molar refractivity (Wildman–Crippen MR) is 68.9 cm³/mol. The molecule has 0 aliphatic heterocycles. The number of hydrogen-bond donors (Lipinski definition) is 1. The highest BCUT2D eigenvalue weighted by atomic mass is 19.4. The Morgan fingerprint density at radius 2 is 1.53 bits per heavy atom. The molecule has 0 spiro atoms. The van der Waals surface area contributed by atoms with Gasteiger partial charge in [0.1, 0.15) is 0 Å². The van der Waals surface area contributed by atoms with Crippen molar-refractivity contribution in [2.45, 2.75) is 31.9 Å². The van der Waals surface area contributed by atoms with Gasteiger partial charge in [-0.2, -0.15) is 13.2 Å². The summed E-state index contributed by atoms with van der Waals surface area (Å²) < 4.78 is 37.3. The first-order valence-corrected chi connectivity index (χ1v) is 6.95. The molecule has 4 heteroatoms. The minimum atomic E-state index is -4.25. The van der Waals surface area contributed by atoms with Crippen molar-refractivity contribution in [2.75, 3.05) is 11.9 Å². The summed E-state index contributed by atoms with van der Waals surface area (Å²) >= 11 is 0. The molecule has 0 saturated heterocycles. The monoisotopic (exact) mass is 269 g/mol. The first-order valence-electron chi connectivity index (χ1n) is 6.95. The molecule has 3 rings (SSSR count). The van der Waals surface area contributed by atoms with Crippen LogP contribution in [0.25, 0.3) is 0 Å². The molecule has 2 saturated carbocycles. The number of halogens is 3. The number of hydrogen-bond acceptors (Lipinski definition) is 1. The van der Waals surface area contributed by atoms with Crippen molar-refractivity contribution in [3.8, 4) is 0 Å². The molecule has 104 valence electrons. The second kappa shape index (κ2) is 4.73. The van der Waals surface area contributed by atoms with Gasteiger partial charge >= 0.3 is 6.18 Å². The normalized spacial score (nSPS) is 19.8. The molecule has 1 aromatic carbocycles. The SMILES string of the molecule is FC(F)(F)c1ccc(NCC(C2CC2)C2CC2)cc1. The maximum atomic E-state index is 12.4. The largest absolute Gasteiger partial charge is 0.416 e. The van der Waals surface area contributed by atoms with Gasteiger partial charge in [-0.1, -0.05) is 0 Å². The summed E-state index contributed by atoms with van der Waals surface area (Å²) in [6, 6.07) is 5.34. The van der Waals surface area contributed by atoms with Crippen molar-refractivity contribution in [3.63, 3.8) is 0 Å². The molecule has 1 nitrogen and oxygen atoms in total. The number of alkyl halides is 3. The van der Waals surface area contributed by atoms with Gasteiger partial charge in [0.05, 0.1) is 5.56 Å². The van der Waals surface area contributed by atoms with Gasteiger partial charge in [0.2, 0.25) is 0 Å². The van der Waals surface area contributed by atoms with Crippen LogP contribution < -0.4 is 5.32 Å². The predicted octanol–water partition coefficient (Wildman–Crippen LogP) is 4.55. The summed E-state index contributed by atoms with van der Waals surface area (Å²) in [7, 11) is 0. The zero-order valence-electron chi connectivity index (χ0n) is 10.7. The van der Waals surface area contributed by atoms with Crippen molar-refractivity contribution < 1.29 is 13.2 Å². The molecule has 2 aliphatic carbocycles. The summed E-state index contributed by atoms with van der Waals surface area (Å²) in [5, 5.41) is 3.30. The minimum Gasteiger partial charge on any atom is -0.385 e. The van der Waals surface area contributed by atoms with E-state index in [1.807, 2.05) is 0 Å². The van der Waals surface area contributed by atoms with Gasteiger partial charge in [-0.15, -0.1) is 0 Å². The molecule has 19 heavy (non-hydrogen) atoms. The van der Waals surface area contributed by atoms with Gasteiger partial charge in [-0.25, -0.2) is 0 Å². The van der Waals surface area contributed by atoms with Gasteiger partial charge in [-0.05, 0) is 67.7 Å². The zero-order valence-corrected chi connectivity index (χ0v) is 10.7. The fourth-order valence-corrected chi connectivity index (χ4v) is 2.78. The fraction of sp³-hybridized carbons (Fsp3) is 0.600. The van der Waals surface area contributed by atoms with E-state index in [2.05, 4.69) is 5.32 Å². The summed E-state index contributed by atoms with van der Waals surface area (Å²) in [5.41, 5.74) is 0.207. The first-order chi connectivity index (χ1) is 9.04. The lowest BCUT2D eigenvalue weighted by Crippen LogP contribution is -2.18. The molecule has 0 radical (unpaired) electrons. The van der Waals surface area contributed by atoms with Crippen molar-refractivity contribution in [2.24, 2.45) is 17.8 Å². The highest BCUT2D eigenvalue weighted by Crippen LogP contribution is 2.49. The molecule has 0 unspecified atom stereocenters. The van der Waals surface area contributed by atoms with Gasteiger partial charge in [0, 0.05) is 12.2 Å². The van der Waals surface area contributed by atoms with E-state index in [9.17, 15) is 13.2 Å². The lowest BCUT2D eigenvalue weighted by molar-refractivity contribution is -0.137. The quantitative estimate of drug-likeness (QED) is 0.826. The van der Waals surface area contributed by atoms with Crippen molar-refractivity contribution in [3.05, 3.63) is 29.8 Å². The maximum absolute atomic E-state index is 12.4. The number of nitrogens with one attached hydrogen (secondary N) is 1. The molecule has 1 aromatic rings. The van der Waals surface area contributed by atoms with Crippen LogP contribution in [-0.2, 0) is 6.18 Å². The van der Waals surface area contributed by atoms with Crippen LogP contribution in [0.15, 0.2) is 24.3 Å². The van der Waals surface area contributed by atoms with Crippen molar-refractivity contribution in [1.82, 2.24) is 0 Å². The topological polar surface area (TPSA) is 12.0 Å². The average molecular weight is 269 g/mol. The molecule has 2 fully saturated rings. The minimum absolute atomic E-state index is 0.584. The van der Waals surface area contributed by atoms with E-state index in [0.717, 1.165) is 42.1 Å². The molecular weight excluding hydrogens is 251 g/mol. The first kappa shape index (κ1) is 12.8. The van der Waals surface area contributed by atoms with Gasteiger partial charge in [0.25, 0.3) is 0 Å². The Labute approximate surface area is 111 Å². The standard InChI is InChI=1S/C15H18F3N/c16-15(17,18)12-5-7-13(8-6-12)19-9-14(10-1-2-10)11-3-4-11/h5-8,10-11,14,19H,1-4,9H2. The van der Waals surface area contributed by atoms with E-state index in [-0.39, 0.29) is 0 Å². The molecule has 2 aliphatic rings. The molecule has 0 heterocycles. The zero-order chi connectivity index (χ0) is 13.5. The van der Waals surface area contributed by atoms with E-state index in [0.29, 0.717) is 0 Å². The Hall–Kier alpha value is -1.19. The third-order valence-electron chi connectivity index (χ3n) is 4.21. The lowest BCUT2D eigenvalue weighted by atomic mass is 9.98. The summed E-state index contributed by atoms with van der Waals surface area (Å²) in [4.78, 5) is 0. The molecule has 0 atom stereocenters. The van der Waals surface area contributed by atoms with Crippen LogP contribution in [0.2, 0.25) is 0 Å². The van der Waals surface area contributed by atoms with Gasteiger partial charge in [0.15, 0.2) is 0 Å². The second-order valence-electron chi connectivity index (χ2n) is 5.79. The molecule has 0 amide bonds. The third-order valence-corrected chi connectivity index (χ3v) is 4.21. The number of anilines is 1. The number of rotatable bonds is 5. The highest BCUT2D eigenvalue weighted by Gasteiger charge is 2.41. The summed E-state index contributed by atoms with van der Waals surface area (Å²) in [5.74, 6) is 2.44. The van der Waals surface area contributed by atoms with E-state index in [4.69, 9.17) is 0 Å². The lowest BCUT2D eigenvalue weighted by Gasteiger charge is -2.17. The van der Waals surface area contributed by atoms with Crippen LogP contribution >= 0.6 is 0 Å². The summed E-state index contributed by atoms with van der Waals surface area (Å²) in [6.45, 7) is 0.903. The maximum Gasteiger partial charge on any atom is 0.416 e. The molecule has 0 bridgehead atoms. The van der Waals surface area contributed by atoms with E-state index >= 15 is 0 Å². The van der Waals surface area contributed by atoms with Crippen LogP contribution in [0, 0.1) is 17.8 Å². The second-order valence-corrected chi connectivity index (χ2v) is 5.79. The average Bonchev–Trinajstić information content (AvgIpc) is 3.23. The van der Waals surface area contributed by atoms with E-state index < -0.39 is 11.7 Å². The Kier molecular flexibility index (Phi) is 3.19. The van der Waals surface area contributed by atoms with Crippen LogP contribution in [-0.4, -0.2) is 6.54 Å². The Balaban J connectivity index is 1.57. The smallest absolute Gasteiger partial charge is 0.385 e. The highest BCUT2D eigenvalue weighted by molar-refractivity contribution is 5.45. The Morgan fingerprint density at radius 3 is 1.95 bits per heavy atom. The van der Waals surface area contributed by atoms with Gasteiger partial charge in [-0.3, -0.25) is 0 Å². The van der Waals surface area contributed by atoms with Crippen molar-refractivity contribution in [1.29, 1.82) is 0 Å². The van der Waals surface area contributed by atoms with E-state index in [1.54, 1.807) is 0 Å². The fourth-order valence-electron chi connectivity index (χ4n) is 2.78. The molecule has 0 aromatic heterocycles. The third kappa shape index (κ3) is 3.23. The van der Waals surface area contributed by atoms with Crippen LogP contribution in [0.4, 0.5) is 18.9 Å². The summed E-state index contributed by atoms with van der Waals surface area (Å²) in [6.07, 6.45) is 1.07. The Bertz CT molecular complexity index is 418. The van der Waals surface area contributed by atoms with Crippen LogP contribution in [0.1, 0.15) is 31.2 Å². The molecule has 1 N–H and O–H groups in total. The molecular formula is C15H18F3N. The number of benzene rings is 1. The van der Waals surface area contributed by atoms with E-state index in [1.165, 1.54) is 37.8 Å².